The van der Waals surface area contributed by atoms with E-state index in [9.17, 15) is 50.1 Å². The molecular weight excluding hydrogens is 492 g/mol. The summed E-state index contributed by atoms with van der Waals surface area (Å²) in [6, 6.07) is 7.49. The third-order valence-corrected chi connectivity index (χ3v) is 5.60. The van der Waals surface area contributed by atoms with Gasteiger partial charge in [-0.3, -0.25) is 0 Å². The van der Waals surface area contributed by atoms with Gasteiger partial charge in [0, 0.05) is 25.0 Å². The number of hydrogen-bond donors (Lipinski definition) is 7. The number of phenolic OH excluding ortho intramolecular Hbond substituents is 4. The number of carbonyl (C=O) groups is 3. The smallest absolute Gasteiger partial charge is 0.335 e. The molecule has 0 radical (unpaired) electrons. The molecule has 2 aromatic carbocycles. The number of carboxylic acids is 1. The Hall–Kier alpha value is -4.55. The molecule has 2 aromatic rings. The number of esters is 2. The molecule has 1 fully saturated rings. The Morgan fingerprint density at radius 3 is 1.51 bits per heavy atom. The molecule has 0 heterocycles. The van der Waals surface area contributed by atoms with Gasteiger partial charge in [-0.1, -0.05) is 12.1 Å². The summed E-state index contributed by atoms with van der Waals surface area (Å²) in [4.78, 5) is 36.2. The van der Waals surface area contributed by atoms with E-state index in [1.54, 1.807) is 0 Å². The second-order valence-corrected chi connectivity index (χ2v) is 8.35. The van der Waals surface area contributed by atoms with E-state index < -0.39 is 66.2 Å². The van der Waals surface area contributed by atoms with E-state index in [2.05, 4.69) is 0 Å². The van der Waals surface area contributed by atoms with E-state index >= 15 is 0 Å². The van der Waals surface area contributed by atoms with Gasteiger partial charge in [-0.2, -0.15) is 0 Å². The Bertz CT molecular complexity index is 1160. The number of carboxylic acid groups (broad SMARTS) is 1. The van der Waals surface area contributed by atoms with Crippen LogP contribution in [0.1, 0.15) is 24.0 Å². The number of aliphatic carboxylic acids is 1. The quantitative estimate of drug-likeness (QED) is 0.156. The van der Waals surface area contributed by atoms with Crippen LogP contribution in [0.2, 0.25) is 0 Å². The van der Waals surface area contributed by atoms with Gasteiger partial charge in [0.15, 0.2) is 28.6 Å². The topological polar surface area (TPSA) is 211 Å². The highest BCUT2D eigenvalue weighted by Gasteiger charge is 2.52. The molecule has 3 rings (SSSR count). The Kier molecular flexibility index (Phi) is 8.05. The standard InChI is InChI=1S/C25H24O12/c26-15-5-1-13(9-17(15)28)3-7-21(30)36-19-11-25(35,24(33)34)12-20(23(19)32)37-22(31)8-4-14-2-6-16(27)18(29)10-14/h1-10,19-20,23,26-29,32,35H,11-12H2,(H,33,34)/b7-3+,8-4+/t19-,20?,23+,25-/m1/s1. The minimum atomic E-state index is -2.48. The van der Waals surface area contributed by atoms with Crippen molar-refractivity contribution in [3.05, 3.63) is 59.7 Å². The Labute approximate surface area is 209 Å². The first kappa shape index (κ1) is 27.0. The number of hydrogen-bond acceptors (Lipinski definition) is 11. The van der Waals surface area contributed by atoms with E-state index in [4.69, 9.17) is 9.47 Å². The van der Waals surface area contributed by atoms with E-state index in [1.807, 2.05) is 0 Å². The van der Waals surface area contributed by atoms with Crippen LogP contribution in [-0.2, 0) is 23.9 Å². The number of benzene rings is 2. The zero-order valence-electron chi connectivity index (χ0n) is 19.1. The number of phenols is 4. The van der Waals surface area contributed by atoms with Crippen molar-refractivity contribution >= 4 is 30.1 Å². The number of aromatic hydroxyl groups is 4. The van der Waals surface area contributed by atoms with Gasteiger partial charge in [-0.15, -0.1) is 0 Å². The maximum atomic E-state index is 12.3. The largest absolute Gasteiger partial charge is 0.504 e. The Balaban J connectivity index is 1.71. The fourth-order valence-electron chi connectivity index (χ4n) is 3.62. The fourth-order valence-corrected chi connectivity index (χ4v) is 3.62. The van der Waals surface area contributed by atoms with Crippen LogP contribution in [0, 0.1) is 0 Å². The average Bonchev–Trinajstić information content (AvgIpc) is 2.83. The predicted molar refractivity (Wildman–Crippen MR) is 125 cm³/mol. The van der Waals surface area contributed by atoms with Crippen LogP contribution in [0.15, 0.2) is 48.6 Å². The number of rotatable bonds is 7. The first-order chi connectivity index (χ1) is 17.4. The monoisotopic (exact) mass is 516 g/mol. The first-order valence-corrected chi connectivity index (χ1v) is 10.8. The molecule has 0 bridgehead atoms. The molecule has 1 aliphatic rings. The zero-order chi connectivity index (χ0) is 27.3. The van der Waals surface area contributed by atoms with E-state index in [0.717, 1.165) is 12.2 Å². The van der Waals surface area contributed by atoms with Crippen LogP contribution in [0.3, 0.4) is 0 Å². The van der Waals surface area contributed by atoms with Gasteiger partial charge in [0.1, 0.15) is 18.3 Å². The molecule has 37 heavy (non-hydrogen) atoms. The molecule has 0 aromatic heterocycles. The van der Waals surface area contributed by atoms with Crippen LogP contribution in [0.5, 0.6) is 23.0 Å². The van der Waals surface area contributed by atoms with Gasteiger partial charge in [0.2, 0.25) is 0 Å². The van der Waals surface area contributed by atoms with Gasteiger partial charge in [-0.25, -0.2) is 14.4 Å². The SMILES string of the molecule is O=C(/C=C/c1ccc(O)c(O)c1)OC1C[C@@](O)(C(=O)O)C[C@@H](OC(=O)/C=C/c2ccc(O)c(O)c2)[C@@H]1O. The van der Waals surface area contributed by atoms with Crippen molar-refractivity contribution in [3.63, 3.8) is 0 Å². The van der Waals surface area contributed by atoms with Crippen molar-refractivity contribution < 1.29 is 59.6 Å². The minimum absolute atomic E-state index is 0.319. The summed E-state index contributed by atoms with van der Waals surface area (Å²) in [5.74, 6) is -5.31. The lowest BCUT2D eigenvalue weighted by Crippen LogP contribution is -2.58. The van der Waals surface area contributed by atoms with Crippen LogP contribution in [-0.4, -0.2) is 77.6 Å². The van der Waals surface area contributed by atoms with E-state index in [1.165, 1.54) is 48.6 Å². The van der Waals surface area contributed by atoms with Crippen molar-refractivity contribution in [2.45, 2.75) is 36.8 Å². The molecule has 1 saturated carbocycles. The lowest BCUT2D eigenvalue weighted by Gasteiger charge is -2.40. The summed E-state index contributed by atoms with van der Waals surface area (Å²) in [6.07, 6.45) is -1.86. The molecule has 12 nitrogen and oxygen atoms in total. The Morgan fingerprint density at radius 2 is 1.16 bits per heavy atom. The molecular formula is C25H24O12. The van der Waals surface area contributed by atoms with Gasteiger partial charge < -0.3 is 45.2 Å². The summed E-state index contributed by atoms with van der Waals surface area (Å²) in [6.45, 7) is 0. The van der Waals surface area contributed by atoms with Crippen LogP contribution in [0.4, 0.5) is 0 Å². The molecule has 1 unspecified atom stereocenters. The highest BCUT2D eigenvalue weighted by atomic mass is 16.6. The third kappa shape index (κ3) is 6.78. The second kappa shape index (κ2) is 11.0. The normalized spacial score (nSPS) is 23.7. The van der Waals surface area contributed by atoms with Crippen LogP contribution >= 0.6 is 0 Å². The highest BCUT2D eigenvalue weighted by Crippen LogP contribution is 2.33. The number of aliphatic hydroxyl groups excluding tert-OH is 1. The maximum absolute atomic E-state index is 12.3. The van der Waals surface area contributed by atoms with Crippen molar-refractivity contribution in [3.8, 4) is 23.0 Å². The maximum Gasteiger partial charge on any atom is 0.335 e. The lowest BCUT2D eigenvalue weighted by atomic mass is 9.79. The van der Waals surface area contributed by atoms with Crippen molar-refractivity contribution in [2.24, 2.45) is 0 Å². The molecule has 4 atom stereocenters. The number of ether oxygens (including phenoxy) is 2. The van der Waals surface area contributed by atoms with Crippen LogP contribution in [0.25, 0.3) is 12.2 Å². The molecule has 0 aliphatic heterocycles. The van der Waals surface area contributed by atoms with Crippen molar-refractivity contribution in [1.29, 1.82) is 0 Å². The summed E-state index contributed by atoms with van der Waals surface area (Å²) in [5, 5.41) is 68.3. The summed E-state index contributed by atoms with van der Waals surface area (Å²) >= 11 is 0. The lowest BCUT2D eigenvalue weighted by molar-refractivity contribution is -0.203. The number of aliphatic hydroxyl groups is 2. The molecule has 7 N–H and O–H groups in total. The molecule has 0 saturated heterocycles. The van der Waals surface area contributed by atoms with E-state index in [-0.39, 0.29) is 11.5 Å². The average molecular weight is 516 g/mol. The van der Waals surface area contributed by atoms with Gasteiger partial charge in [0.25, 0.3) is 0 Å². The minimum Gasteiger partial charge on any atom is -0.504 e. The van der Waals surface area contributed by atoms with Gasteiger partial charge in [-0.05, 0) is 47.5 Å². The van der Waals surface area contributed by atoms with Crippen molar-refractivity contribution in [1.82, 2.24) is 0 Å². The first-order valence-electron chi connectivity index (χ1n) is 10.8. The highest BCUT2D eigenvalue weighted by molar-refractivity contribution is 5.88. The van der Waals surface area contributed by atoms with Crippen LogP contribution < -0.4 is 0 Å². The zero-order valence-corrected chi connectivity index (χ0v) is 19.1. The molecule has 0 amide bonds. The second-order valence-electron chi connectivity index (χ2n) is 8.35. The molecule has 196 valence electrons. The summed E-state index contributed by atoms with van der Waals surface area (Å²) in [5.41, 5.74) is -1.84. The third-order valence-electron chi connectivity index (χ3n) is 5.60. The summed E-state index contributed by atoms with van der Waals surface area (Å²) < 4.78 is 10.2. The molecule has 0 spiro atoms. The van der Waals surface area contributed by atoms with Crippen molar-refractivity contribution in [2.75, 3.05) is 0 Å². The van der Waals surface area contributed by atoms with Gasteiger partial charge in [0.05, 0.1) is 0 Å². The van der Waals surface area contributed by atoms with E-state index in [0.29, 0.717) is 11.1 Å². The number of carbonyl (C=O) groups excluding carboxylic acids is 2. The predicted octanol–water partition coefficient (Wildman–Crippen LogP) is 1.03. The molecule has 1 aliphatic carbocycles. The Morgan fingerprint density at radius 1 is 0.757 bits per heavy atom. The fraction of sp³-hybridized carbons (Fsp3) is 0.240. The molecule has 12 heteroatoms. The van der Waals surface area contributed by atoms with Gasteiger partial charge >= 0.3 is 17.9 Å². The summed E-state index contributed by atoms with van der Waals surface area (Å²) in [7, 11) is 0.